The number of aliphatic imine (C=N–C) groups is 1. The van der Waals surface area contributed by atoms with Crippen LogP contribution in [0.3, 0.4) is 0 Å². The standard InChI is InChI=1S/C20H20F3N3/c1-25-19(16-11-4-6-13-18(16)24)26(2)14-8-7-10-15-9-3-5-12-17(15)20(21,22)23/h3-6,9,11-13H,8,14,24H2,1-2H3. The largest absolute Gasteiger partial charge is 0.417 e. The average molecular weight is 359 g/mol. The summed E-state index contributed by atoms with van der Waals surface area (Å²) >= 11 is 0. The summed E-state index contributed by atoms with van der Waals surface area (Å²) in [7, 11) is 3.52. The molecule has 0 saturated heterocycles. The zero-order chi connectivity index (χ0) is 19.2. The number of hydrogen-bond donors (Lipinski definition) is 1. The van der Waals surface area contributed by atoms with Gasteiger partial charge in [0, 0.05) is 43.9 Å². The molecule has 0 bridgehead atoms. The molecule has 0 aliphatic carbocycles. The van der Waals surface area contributed by atoms with E-state index in [2.05, 4.69) is 16.8 Å². The van der Waals surface area contributed by atoms with Crippen LogP contribution in [0.15, 0.2) is 53.5 Å². The Kier molecular flexibility index (Phi) is 6.29. The van der Waals surface area contributed by atoms with E-state index in [1.165, 1.54) is 12.1 Å². The van der Waals surface area contributed by atoms with Crippen LogP contribution in [0, 0.1) is 11.8 Å². The summed E-state index contributed by atoms with van der Waals surface area (Å²) in [4.78, 5) is 6.15. The Hall–Kier alpha value is -2.94. The van der Waals surface area contributed by atoms with Crippen molar-refractivity contribution >= 4 is 11.5 Å². The minimum atomic E-state index is -4.41. The van der Waals surface area contributed by atoms with Crippen molar-refractivity contribution in [2.75, 3.05) is 26.4 Å². The van der Waals surface area contributed by atoms with E-state index in [0.29, 0.717) is 24.5 Å². The fourth-order valence-electron chi connectivity index (χ4n) is 2.52. The minimum absolute atomic E-state index is 0.0145. The lowest BCUT2D eigenvalue weighted by molar-refractivity contribution is -0.137. The molecule has 0 aromatic heterocycles. The first-order valence-electron chi connectivity index (χ1n) is 8.02. The van der Waals surface area contributed by atoms with Gasteiger partial charge in [0.1, 0.15) is 5.84 Å². The molecule has 0 aliphatic heterocycles. The molecule has 2 aromatic carbocycles. The number of nitrogens with zero attached hydrogens (tertiary/aromatic N) is 2. The van der Waals surface area contributed by atoms with Gasteiger partial charge in [-0.1, -0.05) is 36.1 Å². The number of alkyl halides is 3. The van der Waals surface area contributed by atoms with Crippen LogP contribution < -0.4 is 5.73 Å². The third-order valence-electron chi connectivity index (χ3n) is 3.80. The number of amidine groups is 1. The van der Waals surface area contributed by atoms with E-state index in [1.807, 2.05) is 30.1 Å². The van der Waals surface area contributed by atoms with Crippen molar-refractivity contribution in [1.29, 1.82) is 0 Å². The molecule has 136 valence electrons. The third-order valence-corrected chi connectivity index (χ3v) is 3.80. The predicted octanol–water partition coefficient (Wildman–Crippen LogP) is 4.04. The lowest BCUT2D eigenvalue weighted by atomic mass is 10.1. The van der Waals surface area contributed by atoms with E-state index in [1.54, 1.807) is 19.2 Å². The lowest BCUT2D eigenvalue weighted by Gasteiger charge is -2.21. The monoisotopic (exact) mass is 359 g/mol. The molecule has 0 heterocycles. The highest BCUT2D eigenvalue weighted by Gasteiger charge is 2.32. The molecule has 26 heavy (non-hydrogen) atoms. The van der Waals surface area contributed by atoms with Crippen molar-refractivity contribution < 1.29 is 13.2 Å². The molecule has 2 aromatic rings. The summed E-state index contributed by atoms with van der Waals surface area (Å²) in [5.74, 6) is 6.14. The molecule has 0 spiro atoms. The Balaban J connectivity index is 2.07. The smallest absolute Gasteiger partial charge is 0.398 e. The fourth-order valence-corrected chi connectivity index (χ4v) is 2.52. The minimum Gasteiger partial charge on any atom is -0.398 e. The van der Waals surface area contributed by atoms with Crippen molar-refractivity contribution in [3.8, 4) is 11.8 Å². The number of nitrogen functional groups attached to an aromatic ring is 1. The van der Waals surface area contributed by atoms with Crippen LogP contribution >= 0.6 is 0 Å². The van der Waals surface area contributed by atoms with E-state index in [-0.39, 0.29) is 5.56 Å². The number of rotatable bonds is 3. The van der Waals surface area contributed by atoms with Gasteiger partial charge >= 0.3 is 6.18 Å². The Bertz CT molecular complexity index is 845. The number of anilines is 1. The van der Waals surface area contributed by atoms with Crippen LogP contribution in [0.4, 0.5) is 18.9 Å². The van der Waals surface area contributed by atoms with Crippen LogP contribution in [0.1, 0.15) is 23.1 Å². The first kappa shape index (κ1) is 19.4. The van der Waals surface area contributed by atoms with Crippen molar-refractivity contribution in [3.05, 3.63) is 65.2 Å². The number of benzene rings is 2. The fraction of sp³-hybridized carbons (Fsp3) is 0.250. The first-order chi connectivity index (χ1) is 12.3. The van der Waals surface area contributed by atoms with Crippen LogP contribution in [0.2, 0.25) is 0 Å². The molecule has 0 radical (unpaired) electrons. The summed E-state index contributed by atoms with van der Waals surface area (Å²) < 4.78 is 38.9. The van der Waals surface area contributed by atoms with Gasteiger partial charge in [-0.05, 0) is 24.3 Å². The van der Waals surface area contributed by atoms with E-state index < -0.39 is 11.7 Å². The maximum atomic E-state index is 13.0. The normalized spacial score (nSPS) is 11.7. The van der Waals surface area contributed by atoms with Gasteiger partial charge in [-0.25, -0.2) is 0 Å². The molecule has 3 nitrogen and oxygen atoms in total. The van der Waals surface area contributed by atoms with Crippen molar-refractivity contribution in [2.45, 2.75) is 12.6 Å². The molecule has 0 atom stereocenters. The second-order valence-corrected chi connectivity index (χ2v) is 5.65. The van der Waals surface area contributed by atoms with Gasteiger partial charge in [0.05, 0.1) is 5.56 Å². The molecule has 2 rings (SSSR count). The summed E-state index contributed by atoms with van der Waals surface area (Å²) in [5, 5.41) is 0. The van der Waals surface area contributed by atoms with Gasteiger partial charge in [0.15, 0.2) is 0 Å². The summed E-state index contributed by atoms with van der Waals surface area (Å²) in [6.45, 7) is 0.516. The zero-order valence-corrected chi connectivity index (χ0v) is 14.6. The van der Waals surface area contributed by atoms with Crippen LogP contribution in [0.25, 0.3) is 0 Å². The van der Waals surface area contributed by atoms with Crippen molar-refractivity contribution in [1.82, 2.24) is 4.90 Å². The molecule has 0 fully saturated rings. The number of hydrogen-bond acceptors (Lipinski definition) is 2. The summed E-state index contributed by atoms with van der Waals surface area (Å²) in [5.41, 5.74) is 6.68. The Morgan fingerprint density at radius 3 is 2.42 bits per heavy atom. The number of halogens is 3. The van der Waals surface area contributed by atoms with Gasteiger partial charge in [-0.3, -0.25) is 4.99 Å². The highest BCUT2D eigenvalue weighted by atomic mass is 19.4. The Morgan fingerprint density at radius 1 is 1.12 bits per heavy atom. The molecular weight excluding hydrogens is 339 g/mol. The van der Waals surface area contributed by atoms with Crippen molar-refractivity contribution in [3.63, 3.8) is 0 Å². The van der Waals surface area contributed by atoms with Crippen molar-refractivity contribution in [2.24, 2.45) is 4.99 Å². The lowest BCUT2D eigenvalue weighted by Crippen LogP contribution is -2.29. The van der Waals surface area contributed by atoms with Crippen LogP contribution in [0.5, 0.6) is 0 Å². The summed E-state index contributed by atoms with van der Waals surface area (Å²) in [6, 6.07) is 12.7. The molecule has 0 aliphatic rings. The van der Waals surface area contributed by atoms with Crippen LogP contribution in [-0.2, 0) is 6.18 Å². The van der Waals surface area contributed by atoms with E-state index >= 15 is 0 Å². The Morgan fingerprint density at radius 2 is 1.77 bits per heavy atom. The molecule has 0 saturated carbocycles. The topological polar surface area (TPSA) is 41.6 Å². The molecule has 2 N–H and O–H groups in total. The maximum Gasteiger partial charge on any atom is 0.417 e. The average Bonchev–Trinajstić information content (AvgIpc) is 2.60. The maximum absolute atomic E-state index is 13.0. The quantitative estimate of drug-likeness (QED) is 0.389. The molecule has 0 unspecified atom stereocenters. The number of para-hydroxylation sites is 1. The SMILES string of the molecule is CN=C(c1ccccc1N)N(C)CCC#Cc1ccccc1C(F)(F)F. The van der Waals surface area contributed by atoms with Gasteiger partial charge in [0.25, 0.3) is 0 Å². The van der Waals surface area contributed by atoms with E-state index in [9.17, 15) is 13.2 Å². The Labute approximate surface area is 151 Å². The van der Waals surface area contributed by atoms with Crippen LogP contribution in [-0.4, -0.2) is 31.4 Å². The van der Waals surface area contributed by atoms with E-state index in [0.717, 1.165) is 11.6 Å². The van der Waals surface area contributed by atoms with Gasteiger partial charge in [-0.15, -0.1) is 0 Å². The van der Waals surface area contributed by atoms with Gasteiger partial charge in [0.2, 0.25) is 0 Å². The predicted molar refractivity (Wildman–Crippen MR) is 98.9 cm³/mol. The highest BCUT2D eigenvalue weighted by molar-refractivity contribution is 6.02. The number of nitrogens with two attached hydrogens (primary N) is 1. The second-order valence-electron chi connectivity index (χ2n) is 5.65. The van der Waals surface area contributed by atoms with E-state index in [4.69, 9.17) is 5.73 Å². The molecular formula is C20H20F3N3. The molecule has 0 amide bonds. The zero-order valence-electron chi connectivity index (χ0n) is 14.6. The van der Waals surface area contributed by atoms with Gasteiger partial charge in [-0.2, -0.15) is 13.2 Å². The second kappa shape index (κ2) is 8.43. The highest BCUT2D eigenvalue weighted by Crippen LogP contribution is 2.31. The third kappa shape index (κ3) is 4.79. The first-order valence-corrected chi connectivity index (χ1v) is 8.02. The molecule has 6 heteroatoms. The van der Waals surface area contributed by atoms with Gasteiger partial charge < -0.3 is 10.6 Å². The summed E-state index contributed by atoms with van der Waals surface area (Å²) in [6.07, 6.45) is -4.01.